The first-order valence-corrected chi connectivity index (χ1v) is 3.49. The molecule has 0 aliphatic rings. The van der Waals surface area contributed by atoms with Crippen LogP contribution in [0.5, 0.6) is 0 Å². The largest absolute Gasteiger partial charge is 0.364 e. The minimum absolute atomic E-state index is 0.0438. The quantitative estimate of drug-likeness (QED) is 0.643. The maximum Gasteiger partial charge on any atom is 0.271 e. The standard InChI is InChI=1S/C7H8N4O2/c1-4(12)11-7-5(6(8)13)9-2-3-10-7/h2-3H,1H3,(H2,8,13)(H,10,11,12). The minimum atomic E-state index is -0.725. The van der Waals surface area contributed by atoms with E-state index in [0.29, 0.717) is 0 Å². The van der Waals surface area contributed by atoms with E-state index in [9.17, 15) is 9.59 Å². The number of hydrogen-bond acceptors (Lipinski definition) is 4. The van der Waals surface area contributed by atoms with E-state index in [2.05, 4.69) is 15.3 Å². The Morgan fingerprint density at radius 2 is 2.00 bits per heavy atom. The lowest BCUT2D eigenvalue weighted by molar-refractivity contribution is -0.114. The molecule has 0 fully saturated rings. The SMILES string of the molecule is CC(=O)Nc1nccnc1C(N)=O. The molecule has 0 spiro atoms. The Kier molecular flexibility index (Phi) is 2.53. The number of amides is 2. The van der Waals surface area contributed by atoms with Gasteiger partial charge in [0.1, 0.15) is 0 Å². The number of nitrogens with one attached hydrogen (secondary N) is 1. The minimum Gasteiger partial charge on any atom is -0.364 e. The molecule has 0 aromatic carbocycles. The summed E-state index contributed by atoms with van der Waals surface area (Å²) in [6.45, 7) is 1.31. The number of primary amides is 1. The van der Waals surface area contributed by atoms with Crippen LogP contribution in [-0.4, -0.2) is 21.8 Å². The molecular weight excluding hydrogens is 172 g/mol. The number of nitrogens with zero attached hydrogens (tertiary/aromatic N) is 2. The third-order valence-corrected chi connectivity index (χ3v) is 1.23. The number of rotatable bonds is 2. The van der Waals surface area contributed by atoms with Gasteiger partial charge in [-0.3, -0.25) is 9.59 Å². The maximum absolute atomic E-state index is 10.8. The molecule has 1 aromatic rings. The zero-order valence-electron chi connectivity index (χ0n) is 6.94. The zero-order valence-corrected chi connectivity index (χ0v) is 6.94. The van der Waals surface area contributed by atoms with Gasteiger partial charge in [-0.25, -0.2) is 9.97 Å². The lowest BCUT2D eigenvalue weighted by atomic mass is 10.4. The fraction of sp³-hybridized carbons (Fsp3) is 0.143. The molecule has 68 valence electrons. The highest BCUT2D eigenvalue weighted by atomic mass is 16.2. The molecule has 0 unspecified atom stereocenters. The van der Waals surface area contributed by atoms with E-state index in [1.165, 1.54) is 19.3 Å². The lowest BCUT2D eigenvalue weighted by Crippen LogP contribution is -2.19. The van der Waals surface area contributed by atoms with Gasteiger partial charge in [0.05, 0.1) is 0 Å². The number of carbonyl (C=O) groups excluding carboxylic acids is 2. The van der Waals surface area contributed by atoms with Crippen molar-refractivity contribution in [1.29, 1.82) is 0 Å². The van der Waals surface area contributed by atoms with E-state index in [0.717, 1.165) is 0 Å². The van der Waals surface area contributed by atoms with Gasteiger partial charge >= 0.3 is 0 Å². The Morgan fingerprint density at radius 1 is 1.38 bits per heavy atom. The number of aromatic nitrogens is 2. The summed E-state index contributed by atoms with van der Waals surface area (Å²) < 4.78 is 0. The topological polar surface area (TPSA) is 98.0 Å². The molecule has 0 bridgehead atoms. The molecule has 1 aromatic heterocycles. The molecule has 1 heterocycles. The average molecular weight is 180 g/mol. The second kappa shape index (κ2) is 3.61. The van der Waals surface area contributed by atoms with Crippen molar-refractivity contribution in [1.82, 2.24) is 9.97 Å². The highest BCUT2D eigenvalue weighted by molar-refractivity contribution is 5.99. The molecule has 0 saturated carbocycles. The summed E-state index contributed by atoms with van der Waals surface area (Å²) in [6.07, 6.45) is 2.68. The fourth-order valence-electron chi connectivity index (χ4n) is 0.777. The Morgan fingerprint density at radius 3 is 2.54 bits per heavy atom. The molecule has 0 aliphatic heterocycles. The van der Waals surface area contributed by atoms with Gasteiger partial charge in [0.2, 0.25) is 5.91 Å². The molecule has 13 heavy (non-hydrogen) atoms. The highest BCUT2D eigenvalue weighted by Gasteiger charge is 2.10. The fourth-order valence-corrected chi connectivity index (χ4v) is 0.777. The van der Waals surface area contributed by atoms with Crippen molar-refractivity contribution in [2.45, 2.75) is 6.92 Å². The lowest BCUT2D eigenvalue weighted by Gasteiger charge is -2.02. The van der Waals surface area contributed by atoms with E-state index >= 15 is 0 Å². The predicted molar refractivity (Wildman–Crippen MR) is 44.9 cm³/mol. The van der Waals surface area contributed by atoms with Gasteiger partial charge in [-0.2, -0.15) is 0 Å². The van der Waals surface area contributed by atoms with Crippen LogP contribution in [0.3, 0.4) is 0 Å². The third-order valence-electron chi connectivity index (χ3n) is 1.23. The van der Waals surface area contributed by atoms with E-state index in [4.69, 9.17) is 5.73 Å². The molecule has 0 radical (unpaired) electrons. The zero-order chi connectivity index (χ0) is 9.84. The van der Waals surface area contributed by atoms with E-state index in [1.807, 2.05) is 0 Å². The van der Waals surface area contributed by atoms with Crippen molar-refractivity contribution in [3.05, 3.63) is 18.1 Å². The summed E-state index contributed by atoms with van der Waals surface area (Å²) in [7, 11) is 0. The van der Waals surface area contributed by atoms with Crippen LogP contribution in [0.2, 0.25) is 0 Å². The molecule has 1 rings (SSSR count). The van der Waals surface area contributed by atoms with Gasteiger partial charge in [0, 0.05) is 19.3 Å². The predicted octanol–water partition coefficient (Wildman–Crippen LogP) is -0.466. The summed E-state index contributed by atoms with van der Waals surface area (Å²) in [5.74, 6) is -0.970. The smallest absolute Gasteiger partial charge is 0.271 e. The summed E-state index contributed by atoms with van der Waals surface area (Å²) >= 11 is 0. The summed E-state index contributed by atoms with van der Waals surface area (Å²) in [4.78, 5) is 28.9. The van der Waals surface area contributed by atoms with Gasteiger partial charge < -0.3 is 11.1 Å². The summed E-state index contributed by atoms with van der Waals surface area (Å²) in [5, 5.41) is 2.34. The molecule has 2 amide bonds. The van der Waals surface area contributed by atoms with Gasteiger partial charge in [-0.05, 0) is 0 Å². The van der Waals surface area contributed by atoms with Crippen LogP contribution in [0, 0.1) is 0 Å². The monoisotopic (exact) mass is 180 g/mol. The van der Waals surface area contributed by atoms with Crippen LogP contribution in [-0.2, 0) is 4.79 Å². The van der Waals surface area contributed by atoms with Crippen molar-refractivity contribution in [3.63, 3.8) is 0 Å². The molecule has 6 heteroatoms. The van der Waals surface area contributed by atoms with Gasteiger partial charge in [-0.1, -0.05) is 0 Å². The van der Waals surface area contributed by atoms with Crippen molar-refractivity contribution in [3.8, 4) is 0 Å². The van der Waals surface area contributed by atoms with Crippen LogP contribution < -0.4 is 11.1 Å². The number of anilines is 1. The molecule has 3 N–H and O–H groups in total. The summed E-state index contributed by atoms with van der Waals surface area (Å²) in [5.41, 5.74) is 4.95. The van der Waals surface area contributed by atoms with E-state index in [1.54, 1.807) is 0 Å². The average Bonchev–Trinajstić information content (AvgIpc) is 2.03. The van der Waals surface area contributed by atoms with Crippen molar-refractivity contribution >= 4 is 17.6 Å². The van der Waals surface area contributed by atoms with Crippen molar-refractivity contribution < 1.29 is 9.59 Å². The van der Waals surface area contributed by atoms with Gasteiger partial charge in [0.25, 0.3) is 5.91 Å². The Bertz CT molecular complexity index is 350. The van der Waals surface area contributed by atoms with E-state index < -0.39 is 5.91 Å². The first-order chi connectivity index (χ1) is 6.11. The second-order valence-electron chi connectivity index (χ2n) is 2.30. The Hall–Kier alpha value is -1.98. The second-order valence-corrected chi connectivity index (χ2v) is 2.30. The van der Waals surface area contributed by atoms with Crippen LogP contribution in [0.15, 0.2) is 12.4 Å². The number of hydrogen-bond donors (Lipinski definition) is 2. The Labute approximate surface area is 74.2 Å². The van der Waals surface area contributed by atoms with Crippen molar-refractivity contribution in [2.75, 3.05) is 5.32 Å². The van der Waals surface area contributed by atoms with Crippen LogP contribution >= 0.6 is 0 Å². The molecule has 0 saturated heterocycles. The Balaban J connectivity index is 3.04. The maximum atomic E-state index is 10.8. The van der Waals surface area contributed by atoms with Crippen LogP contribution in [0.25, 0.3) is 0 Å². The third kappa shape index (κ3) is 2.22. The molecule has 0 aliphatic carbocycles. The van der Waals surface area contributed by atoms with Crippen LogP contribution in [0.4, 0.5) is 5.82 Å². The number of carbonyl (C=O) groups is 2. The van der Waals surface area contributed by atoms with Gasteiger partial charge in [0.15, 0.2) is 11.5 Å². The van der Waals surface area contributed by atoms with Crippen molar-refractivity contribution in [2.24, 2.45) is 5.73 Å². The highest BCUT2D eigenvalue weighted by Crippen LogP contribution is 2.06. The number of nitrogens with two attached hydrogens (primary N) is 1. The molecular formula is C7H8N4O2. The molecule has 6 nitrogen and oxygen atoms in total. The van der Waals surface area contributed by atoms with Crippen LogP contribution in [0.1, 0.15) is 17.4 Å². The first-order valence-electron chi connectivity index (χ1n) is 3.49. The van der Waals surface area contributed by atoms with E-state index in [-0.39, 0.29) is 17.4 Å². The van der Waals surface area contributed by atoms with Gasteiger partial charge in [-0.15, -0.1) is 0 Å². The molecule has 0 atom stereocenters. The summed E-state index contributed by atoms with van der Waals surface area (Å²) in [6, 6.07) is 0. The normalized spacial score (nSPS) is 9.31. The first kappa shape index (κ1) is 9.11.